The minimum absolute atomic E-state index is 0.305. The maximum atomic E-state index is 13.2. The molecule has 0 unspecified atom stereocenters. The second-order valence-electron chi connectivity index (χ2n) is 3.11. The topological polar surface area (TPSA) is 30.7 Å². The van der Waals surface area contributed by atoms with Crippen LogP contribution in [0.2, 0.25) is 0 Å². The van der Waals surface area contributed by atoms with Gasteiger partial charge >= 0.3 is 0 Å². The minimum Gasteiger partial charge on any atom is -0.220 e. The van der Waals surface area contributed by atoms with Gasteiger partial charge in [-0.15, -0.1) is 5.10 Å². The number of nitrogens with zero attached hydrogens (tertiary/aromatic N) is 3. The summed E-state index contributed by atoms with van der Waals surface area (Å²) >= 11 is 3.10. The van der Waals surface area contributed by atoms with Crippen LogP contribution in [0.5, 0.6) is 0 Å². The molecule has 15 heavy (non-hydrogen) atoms. The lowest BCUT2D eigenvalue weighted by molar-refractivity contribution is 0.618. The van der Waals surface area contributed by atoms with E-state index in [1.165, 1.54) is 6.07 Å². The van der Waals surface area contributed by atoms with Crippen LogP contribution in [0.1, 0.15) is 12.6 Å². The lowest BCUT2D eigenvalue weighted by Gasteiger charge is -2.00. The molecular weight excluding hydrogens is 261 g/mol. The second kappa shape index (κ2) is 4.10. The molecule has 0 saturated heterocycles. The van der Waals surface area contributed by atoms with Crippen molar-refractivity contribution in [2.75, 3.05) is 0 Å². The molecule has 0 aliphatic heterocycles. The van der Waals surface area contributed by atoms with Gasteiger partial charge in [-0.2, -0.15) is 0 Å². The zero-order chi connectivity index (χ0) is 10.8. The number of hydrogen-bond donors (Lipinski definition) is 0. The van der Waals surface area contributed by atoms with Crippen LogP contribution in [0.25, 0.3) is 5.69 Å². The fourth-order valence-electron chi connectivity index (χ4n) is 1.21. The predicted octanol–water partition coefficient (Wildman–Crippen LogP) is 2.73. The summed E-state index contributed by atoms with van der Waals surface area (Å²) in [7, 11) is 0. The molecule has 0 aliphatic carbocycles. The van der Waals surface area contributed by atoms with E-state index in [0.717, 1.165) is 12.1 Å². The van der Waals surface area contributed by atoms with E-state index in [2.05, 4.69) is 26.2 Å². The van der Waals surface area contributed by atoms with Crippen molar-refractivity contribution in [3.05, 3.63) is 40.4 Å². The average molecular weight is 270 g/mol. The Morgan fingerprint density at radius 3 is 2.87 bits per heavy atom. The monoisotopic (exact) mass is 269 g/mol. The van der Waals surface area contributed by atoms with Crippen LogP contribution >= 0.6 is 15.9 Å². The second-order valence-corrected chi connectivity index (χ2v) is 3.96. The molecule has 0 aliphatic rings. The molecule has 2 rings (SSSR count). The molecular formula is C10H9BrFN3. The summed E-state index contributed by atoms with van der Waals surface area (Å²) in [5, 5.41) is 7.85. The molecule has 0 atom stereocenters. The zero-order valence-corrected chi connectivity index (χ0v) is 9.70. The van der Waals surface area contributed by atoms with Gasteiger partial charge in [0.25, 0.3) is 0 Å². The maximum Gasteiger partial charge on any atom is 0.139 e. The third-order valence-electron chi connectivity index (χ3n) is 2.07. The summed E-state index contributed by atoms with van der Waals surface area (Å²) in [6.07, 6.45) is 2.61. The van der Waals surface area contributed by atoms with Crippen molar-refractivity contribution >= 4 is 15.9 Å². The van der Waals surface area contributed by atoms with E-state index in [0.29, 0.717) is 10.2 Å². The molecule has 0 N–H and O–H groups in total. The van der Waals surface area contributed by atoms with Gasteiger partial charge in [-0.1, -0.05) is 12.1 Å². The highest BCUT2D eigenvalue weighted by atomic mass is 79.9. The van der Waals surface area contributed by atoms with E-state index >= 15 is 0 Å². The molecule has 0 spiro atoms. The standard InChI is InChI=1S/C10H9BrFN3/c1-2-7-6-15(14-13-7)8-3-4-9(11)10(12)5-8/h3-6H,2H2,1H3. The van der Waals surface area contributed by atoms with Gasteiger partial charge in [-0.25, -0.2) is 9.07 Å². The molecule has 0 saturated carbocycles. The highest BCUT2D eigenvalue weighted by Gasteiger charge is 2.04. The summed E-state index contributed by atoms with van der Waals surface area (Å²) in [6.45, 7) is 2.00. The summed E-state index contributed by atoms with van der Waals surface area (Å²) in [5.41, 5.74) is 1.56. The van der Waals surface area contributed by atoms with Crippen molar-refractivity contribution in [3.8, 4) is 5.69 Å². The third kappa shape index (κ3) is 2.07. The fraction of sp³-hybridized carbons (Fsp3) is 0.200. The lowest BCUT2D eigenvalue weighted by Crippen LogP contribution is -1.95. The van der Waals surface area contributed by atoms with Gasteiger partial charge in [-0.3, -0.25) is 0 Å². The first kappa shape index (κ1) is 10.3. The van der Waals surface area contributed by atoms with Crippen molar-refractivity contribution in [1.82, 2.24) is 15.0 Å². The minimum atomic E-state index is -0.305. The van der Waals surface area contributed by atoms with E-state index in [-0.39, 0.29) is 5.82 Å². The Morgan fingerprint density at radius 2 is 2.27 bits per heavy atom. The van der Waals surface area contributed by atoms with Gasteiger partial charge in [0.1, 0.15) is 5.82 Å². The Hall–Kier alpha value is -1.23. The van der Waals surface area contributed by atoms with Crippen LogP contribution in [0, 0.1) is 5.82 Å². The Labute approximate surface area is 95.0 Å². The normalized spacial score (nSPS) is 10.6. The van der Waals surface area contributed by atoms with E-state index in [9.17, 15) is 4.39 Å². The largest absolute Gasteiger partial charge is 0.220 e. The highest BCUT2D eigenvalue weighted by molar-refractivity contribution is 9.10. The van der Waals surface area contributed by atoms with Gasteiger partial charge in [0.2, 0.25) is 0 Å². The fourth-order valence-corrected chi connectivity index (χ4v) is 1.46. The van der Waals surface area contributed by atoms with E-state index in [1.807, 2.05) is 6.92 Å². The van der Waals surface area contributed by atoms with Gasteiger partial charge in [0, 0.05) is 6.07 Å². The van der Waals surface area contributed by atoms with Crippen molar-refractivity contribution < 1.29 is 4.39 Å². The number of aryl methyl sites for hydroxylation is 1. The number of benzene rings is 1. The maximum absolute atomic E-state index is 13.2. The Morgan fingerprint density at radius 1 is 1.47 bits per heavy atom. The van der Waals surface area contributed by atoms with E-state index < -0.39 is 0 Å². The van der Waals surface area contributed by atoms with E-state index in [4.69, 9.17) is 0 Å². The molecule has 78 valence electrons. The average Bonchev–Trinajstić information content (AvgIpc) is 2.70. The first-order valence-electron chi connectivity index (χ1n) is 4.57. The Kier molecular flexibility index (Phi) is 2.81. The molecule has 2 aromatic rings. The van der Waals surface area contributed by atoms with Gasteiger partial charge in [0.05, 0.1) is 22.1 Å². The van der Waals surface area contributed by atoms with Gasteiger partial charge in [-0.05, 0) is 34.5 Å². The van der Waals surface area contributed by atoms with Crippen LogP contribution in [0.3, 0.4) is 0 Å². The Bertz CT molecular complexity index is 481. The Balaban J connectivity index is 2.40. The number of aromatic nitrogens is 3. The summed E-state index contributed by atoms with van der Waals surface area (Å²) < 4.78 is 15.3. The molecule has 5 heteroatoms. The van der Waals surface area contributed by atoms with Crippen molar-refractivity contribution in [1.29, 1.82) is 0 Å². The van der Waals surface area contributed by atoms with Crippen molar-refractivity contribution in [2.45, 2.75) is 13.3 Å². The molecule has 0 amide bonds. The molecule has 0 bridgehead atoms. The summed E-state index contributed by atoms with van der Waals surface area (Å²) in [6, 6.07) is 4.84. The SMILES string of the molecule is CCc1cn(-c2ccc(Br)c(F)c2)nn1. The smallest absolute Gasteiger partial charge is 0.139 e. The molecule has 3 nitrogen and oxygen atoms in total. The van der Waals surface area contributed by atoms with Crippen LogP contribution in [-0.4, -0.2) is 15.0 Å². The van der Waals surface area contributed by atoms with Crippen molar-refractivity contribution in [3.63, 3.8) is 0 Å². The van der Waals surface area contributed by atoms with Gasteiger partial charge < -0.3 is 0 Å². The molecule has 1 aromatic carbocycles. The third-order valence-corrected chi connectivity index (χ3v) is 2.71. The molecule has 1 heterocycles. The molecule has 0 radical (unpaired) electrons. The molecule has 0 fully saturated rings. The predicted molar refractivity (Wildman–Crippen MR) is 58.4 cm³/mol. The van der Waals surface area contributed by atoms with E-state index in [1.54, 1.807) is 23.0 Å². The van der Waals surface area contributed by atoms with Gasteiger partial charge in [0.15, 0.2) is 0 Å². The van der Waals surface area contributed by atoms with Crippen molar-refractivity contribution in [2.24, 2.45) is 0 Å². The van der Waals surface area contributed by atoms with Crippen LogP contribution in [0.15, 0.2) is 28.9 Å². The quantitative estimate of drug-likeness (QED) is 0.840. The van der Waals surface area contributed by atoms with Crippen LogP contribution in [0.4, 0.5) is 4.39 Å². The zero-order valence-electron chi connectivity index (χ0n) is 8.11. The summed E-state index contributed by atoms with van der Waals surface area (Å²) in [5.74, 6) is -0.305. The van der Waals surface area contributed by atoms with Crippen LogP contribution in [-0.2, 0) is 6.42 Å². The lowest BCUT2D eigenvalue weighted by atomic mass is 10.3. The number of hydrogen-bond acceptors (Lipinski definition) is 2. The molecule has 1 aromatic heterocycles. The number of halogens is 2. The first-order valence-corrected chi connectivity index (χ1v) is 5.36. The number of rotatable bonds is 2. The summed E-state index contributed by atoms with van der Waals surface area (Å²) in [4.78, 5) is 0. The highest BCUT2D eigenvalue weighted by Crippen LogP contribution is 2.18. The first-order chi connectivity index (χ1) is 7.20. The van der Waals surface area contributed by atoms with Crippen LogP contribution < -0.4 is 0 Å².